The quantitative estimate of drug-likeness (QED) is 0.649. The molecule has 1 atom stereocenters. The number of amides is 1. The van der Waals surface area contributed by atoms with E-state index in [9.17, 15) is 4.79 Å². The average Bonchev–Trinajstić information content (AvgIpc) is 3.15. The number of thiazole rings is 1. The molecule has 4 rings (SSSR count). The predicted octanol–water partition coefficient (Wildman–Crippen LogP) is 3.96. The van der Waals surface area contributed by atoms with Crippen molar-refractivity contribution >= 4 is 28.1 Å². The van der Waals surface area contributed by atoms with Crippen LogP contribution in [0.15, 0.2) is 36.5 Å². The van der Waals surface area contributed by atoms with E-state index in [2.05, 4.69) is 29.0 Å². The van der Waals surface area contributed by atoms with Gasteiger partial charge in [0, 0.05) is 42.6 Å². The Hall–Kier alpha value is -2.35. The number of carbonyl (C=O) groups excluding carboxylic acids is 1. The number of hydrogen-bond donors (Lipinski definition) is 1. The maximum Gasteiger partial charge on any atom is 0.252 e. The maximum atomic E-state index is 12.9. The van der Waals surface area contributed by atoms with Crippen LogP contribution in [-0.2, 0) is 11.3 Å². The summed E-state index contributed by atoms with van der Waals surface area (Å²) in [5.41, 5.74) is 2.30. The highest BCUT2D eigenvalue weighted by atomic mass is 32.1. The molecule has 6 nitrogen and oxygen atoms in total. The van der Waals surface area contributed by atoms with Crippen molar-refractivity contribution in [1.29, 1.82) is 0 Å². The summed E-state index contributed by atoms with van der Waals surface area (Å²) in [6.45, 7) is 9.98. The summed E-state index contributed by atoms with van der Waals surface area (Å²) < 4.78 is 6.07. The number of para-hydroxylation sites is 1. The Morgan fingerprint density at radius 1 is 1.37 bits per heavy atom. The van der Waals surface area contributed by atoms with Crippen LogP contribution < -0.4 is 5.32 Å². The van der Waals surface area contributed by atoms with E-state index < -0.39 is 0 Å². The topological polar surface area (TPSA) is 67.4 Å². The second-order valence-corrected chi connectivity index (χ2v) is 9.48. The Bertz CT molecular complexity index is 1030. The molecule has 1 aliphatic heterocycles. The minimum atomic E-state index is -0.158. The number of morpholine rings is 1. The molecule has 0 saturated carbocycles. The molecule has 158 valence electrons. The molecule has 30 heavy (non-hydrogen) atoms. The Morgan fingerprint density at radius 3 is 2.97 bits per heavy atom. The fraction of sp³-hybridized carbons (Fsp3) is 0.435. The molecule has 0 bridgehead atoms. The van der Waals surface area contributed by atoms with E-state index in [1.165, 1.54) is 4.88 Å². The number of ether oxygens (including phenoxy) is 1. The molecule has 3 heterocycles. The number of rotatable bonds is 6. The van der Waals surface area contributed by atoms with Gasteiger partial charge in [-0.2, -0.15) is 0 Å². The van der Waals surface area contributed by atoms with Gasteiger partial charge in [-0.05, 0) is 25.0 Å². The van der Waals surface area contributed by atoms with Gasteiger partial charge in [-0.15, -0.1) is 11.3 Å². The predicted molar refractivity (Wildman–Crippen MR) is 120 cm³/mol. The zero-order valence-corrected chi connectivity index (χ0v) is 18.5. The highest BCUT2D eigenvalue weighted by Crippen LogP contribution is 2.27. The van der Waals surface area contributed by atoms with E-state index in [4.69, 9.17) is 9.72 Å². The van der Waals surface area contributed by atoms with Crippen molar-refractivity contribution in [2.24, 2.45) is 5.92 Å². The van der Waals surface area contributed by atoms with Gasteiger partial charge < -0.3 is 10.1 Å². The molecule has 1 aromatic carbocycles. The molecule has 1 N–H and O–H groups in total. The normalized spacial score (nSPS) is 17.5. The van der Waals surface area contributed by atoms with E-state index in [-0.39, 0.29) is 12.0 Å². The van der Waals surface area contributed by atoms with Crippen LogP contribution in [0.1, 0.15) is 45.9 Å². The first-order valence-corrected chi connectivity index (χ1v) is 11.2. The van der Waals surface area contributed by atoms with Crippen LogP contribution in [0.2, 0.25) is 0 Å². The first-order valence-electron chi connectivity index (χ1n) is 10.4. The molecule has 1 fully saturated rings. The number of carbonyl (C=O) groups is 1. The van der Waals surface area contributed by atoms with Gasteiger partial charge in [0.25, 0.3) is 5.91 Å². The molecule has 0 radical (unpaired) electrons. The van der Waals surface area contributed by atoms with Crippen molar-refractivity contribution < 1.29 is 9.53 Å². The van der Waals surface area contributed by atoms with Crippen molar-refractivity contribution in [3.63, 3.8) is 0 Å². The number of nitrogens with zero attached hydrogens (tertiary/aromatic N) is 3. The van der Waals surface area contributed by atoms with Crippen molar-refractivity contribution in [1.82, 2.24) is 20.2 Å². The molecule has 1 amide bonds. The van der Waals surface area contributed by atoms with E-state index in [0.29, 0.717) is 24.6 Å². The van der Waals surface area contributed by atoms with Crippen molar-refractivity contribution in [3.8, 4) is 0 Å². The summed E-state index contributed by atoms with van der Waals surface area (Å²) in [4.78, 5) is 25.7. The van der Waals surface area contributed by atoms with Gasteiger partial charge in [-0.1, -0.05) is 32.0 Å². The summed E-state index contributed by atoms with van der Waals surface area (Å²) in [5.74, 6) is 0.337. The van der Waals surface area contributed by atoms with Gasteiger partial charge in [-0.25, -0.2) is 9.97 Å². The van der Waals surface area contributed by atoms with E-state index >= 15 is 0 Å². The van der Waals surface area contributed by atoms with Crippen LogP contribution in [0.5, 0.6) is 0 Å². The van der Waals surface area contributed by atoms with Crippen molar-refractivity contribution in [2.75, 3.05) is 26.2 Å². The summed E-state index contributed by atoms with van der Waals surface area (Å²) in [5, 5.41) is 5.00. The number of benzene rings is 1. The number of aromatic nitrogens is 2. The van der Waals surface area contributed by atoms with Gasteiger partial charge in [0.05, 0.1) is 28.4 Å². The molecule has 0 unspecified atom stereocenters. The Morgan fingerprint density at radius 2 is 2.20 bits per heavy atom. The molecule has 1 saturated heterocycles. The minimum Gasteiger partial charge on any atom is -0.369 e. The van der Waals surface area contributed by atoms with Crippen LogP contribution in [-0.4, -0.2) is 47.0 Å². The lowest BCUT2D eigenvalue weighted by atomic mass is 10.0. The Balaban J connectivity index is 1.59. The number of fused-ring (bicyclic) bond motifs is 1. The lowest BCUT2D eigenvalue weighted by Crippen LogP contribution is -2.38. The van der Waals surface area contributed by atoms with Crippen LogP contribution in [0.25, 0.3) is 10.9 Å². The highest BCUT2D eigenvalue weighted by Gasteiger charge is 2.25. The highest BCUT2D eigenvalue weighted by molar-refractivity contribution is 7.11. The lowest BCUT2D eigenvalue weighted by Gasteiger charge is -2.32. The van der Waals surface area contributed by atoms with Gasteiger partial charge in [0.2, 0.25) is 0 Å². The zero-order chi connectivity index (χ0) is 21.1. The summed E-state index contributed by atoms with van der Waals surface area (Å²) in [7, 11) is 0. The number of aryl methyl sites for hydroxylation is 1. The monoisotopic (exact) mass is 424 g/mol. The molecule has 3 aromatic rings. The van der Waals surface area contributed by atoms with Crippen molar-refractivity contribution in [3.05, 3.63) is 57.7 Å². The van der Waals surface area contributed by atoms with E-state index in [1.54, 1.807) is 11.3 Å². The summed E-state index contributed by atoms with van der Waals surface area (Å²) >= 11 is 1.73. The Kier molecular flexibility index (Phi) is 6.41. The Labute approximate surface area is 181 Å². The fourth-order valence-corrected chi connectivity index (χ4v) is 4.50. The third-order valence-electron chi connectivity index (χ3n) is 5.18. The van der Waals surface area contributed by atoms with E-state index in [0.717, 1.165) is 41.2 Å². The first-order chi connectivity index (χ1) is 14.5. The maximum absolute atomic E-state index is 12.9. The second kappa shape index (κ2) is 9.20. The molecule has 0 spiro atoms. The molecule has 0 aliphatic carbocycles. The number of nitrogens with one attached hydrogen (secondary N) is 1. The third-order valence-corrected chi connectivity index (χ3v) is 6.08. The first kappa shape index (κ1) is 20.9. The van der Waals surface area contributed by atoms with Gasteiger partial charge >= 0.3 is 0 Å². The van der Waals surface area contributed by atoms with Gasteiger partial charge in [0.1, 0.15) is 6.10 Å². The van der Waals surface area contributed by atoms with Crippen LogP contribution >= 0.6 is 11.3 Å². The van der Waals surface area contributed by atoms with Crippen molar-refractivity contribution in [2.45, 2.75) is 33.4 Å². The minimum absolute atomic E-state index is 0.0589. The number of pyridine rings is 1. The second-order valence-electron chi connectivity index (χ2n) is 8.16. The summed E-state index contributed by atoms with van der Waals surface area (Å²) in [6, 6.07) is 9.71. The largest absolute Gasteiger partial charge is 0.369 e. The number of hydrogen-bond acceptors (Lipinski definition) is 6. The molecular weight excluding hydrogens is 396 g/mol. The smallest absolute Gasteiger partial charge is 0.252 e. The molecule has 2 aromatic heterocycles. The third kappa shape index (κ3) is 4.86. The van der Waals surface area contributed by atoms with Gasteiger partial charge in [-0.3, -0.25) is 9.69 Å². The van der Waals surface area contributed by atoms with Crippen LogP contribution in [0, 0.1) is 12.8 Å². The molecule has 7 heteroatoms. The molecular formula is C23H28N4O2S. The van der Waals surface area contributed by atoms with Crippen LogP contribution in [0.3, 0.4) is 0 Å². The van der Waals surface area contributed by atoms with Gasteiger partial charge in [0.15, 0.2) is 0 Å². The van der Waals surface area contributed by atoms with Crippen LogP contribution in [0.4, 0.5) is 0 Å². The average molecular weight is 425 g/mol. The van der Waals surface area contributed by atoms with E-state index in [1.807, 2.05) is 43.5 Å². The molecule has 1 aliphatic rings. The SMILES string of the molecule is Cc1ncc(CN2CCO[C@@H](c3cc(C(=O)NCC(C)C)c4ccccc4n3)C2)s1. The zero-order valence-electron chi connectivity index (χ0n) is 17.7. The lowest BCUT2D eigenvalue weighted by molar-refractivity contribution is -0.0345. The standard InChI is InChI=1S/C23H28N4O2S/c1-15(2)11-25-23(28)19-10-21(26-20-7-5-4-6-18(19)20)22-14-27(8-9-29-22)13-17-12-24-16(3)30-17/h4-7,10,12,15,22H,8-9,11,13-14H2,1-3H3,(H,25,28)/t22-/m1/s1. The fourth-order valence-electron chi connectivity index (χ4n) is 3.66. The summed E-state index contributed by atoms with van der Waals surface area (Å²) in [6.07, 6.45) is 1.80.